The van der Waals surface area contributed by atoms with E-state index in [0.29, 0.717) is 22.2 Å². The number of aryl methyl sites for hydroxylation is 1. The Morgan fingerprint density at radius 2 is 1.82 bits per heavy atom. The molecule has 4 aromatic rings. The van der Waals surface area contributed by atoms with E-state index >= 15 is 0 Å². The molecule has 1 amide bonds. The van der Waals surface area contributed by atoms with E-state index in [9.17, 15) is 9.59 Å². The molecular formula is C24H22N4O3S2. The molecule has 7 nitrogen and oxygen atoms in total. The van der Waals surface area contributed by atoms with Crippen molar-refractivity contribution in [2.75, 3.05) is 17.3 Å². The number of thioether (sulfide) groups is 1. The fourth-order valence-electron chi connectivity index (χ4n) is 3.22. The summed E-state index contributed by atoms with van der Waals surface area (Å²) >= 11 is 2.53. The minimum absolute atomic E-state index is 0.129. The molecule has 9 heteroatoms. The first-order valence-corrected chi connectivity index (χ1v) is 12.2. The Morgan fingerprint density at radius 3 is 2.61 bits per heavy atom. The van der Waals surface area contributed by atoms with E-state index in [0.717, 1.165) is 21.5 Å². The number of thiazole rings is 1. The highest BCUT2D eigenvalue weighted by atomic mass is 32.2. The highest BCUT2D eigenvalue weighted by Crippen LogP contribution is 2.30. The lowest BCUT2D eigenvalue weighted by Gasteiger charge is -2.20. The molecule has 0 spiro atoms. The lowest BCUT2D eigenvalue weighted by Crippen LogP contribution is -2.31. The first-order chi connectivity index (χ1) is 16.1. The Bertz CT molecular complexity index is 1270. The van der Waals surface area contributed by atoms with E-state index in [4.69, 9.17) is 4.74 Å². The number of carbonyl (C=O) groups excluding carboxylic acids is 2. The SMILES string of the molecule is CCOC(=O)c1sc(N(Cc2ccccc2)C(=O)CSc2ncnc3ccccc23)nc1C. The second-order valence-corrected chi connectivity index (χ2v) is 9.02. The van der Waals surface area contributed by atoms with Crippen molar-refractivity contribution in [1.29, 1.82) is 0 Å². The van der Waals surface area contributed by atoms with Crippen LogP contribution in [-0.4, -0.2) is 39.2 Å². The maximum Gasteiger partial charge on any atom is 0.350 e. The van der Waals surface area contributed by atoms with Gasteiger partial charge in [-0.25, -0.2) is 19.7 Å². The standard InChI is InChI=1S/C24H22N4O3S2/c1-3-31-23(30)21-16(2)27-24(33-21)28(13-17-9-5-4-6-10-17)20(29)14-32-22-18-11-7-8-12-19(18)25-15-26-22/h4-12,15H,3,13-14H2,1-2H3. The van der Waals surface area contributed by atoms with Gasteiger partial charge < -0.3 is 4.74 Å². The fourth-order valence-corrected chi connectivity index (χ4v) is 5.06. The first kappa shape index (κ1) is 22.9. The van der Waals surface area contributed by atoms with Crippen molar-refractivity contribution in [2.45, 2.75) is 25.4 Å². The molecule has 2 aromatic carbocycles. The van der Waals surface area contributed by atoms with Gasteiger partial charge in [0.1, 0.15) is 16.2 Å². The molecule has 2 heterocycles. The second-order valence-electron chi connectivity index (χ2n) is 7.08. The molecule has 0 aliphatic carbocycles. The summed E-state index contributed by atoms with van der Waals surface area (Å²) in [5.74, 6) is -0.385. The van der Waals surface area contributed by atoms with Crippen LogP contribution in [0.25, 0.3) is 10.9 Å². The first-order valence-electron chi connectivity index (χ1n) is 10.4. The number of ether oxygens (including phenoxy) is 1. The summed E-state index contributed by atoms with van der Waals surface area (Å²) < 4.78 is 5.14. The lowest BCUT2D eigenvalue weighted by molar-refractivity contribution is -0.116. The molecule has 168 valence electrons. The molecule has 0 aliphatic rings. The number of esters is 1. The molecule has 0 bridgehead atoms. The minimum Gasteiger partial charge on any atom is -0.462 e. The van der Waals surface area contributed by atoms with Crippen molar-refractivity contribution in [3.63, 3.8) is 0 Å². The minimum atomic E-state index is -0.423. The largest absolute Gasteiger partial charge is 0.462 e. The number of nitrogens with zero attached hydrogens (tertiary/aromatic N) is 4. The van der Waals surface area contributed by atoms with Crippen LogP contribution in [0.4, 0.5) is 5.13 Å². The van der Waals surface area contributed by atoms with Crippen LogP contribution in [0.3, 0.4) is 0 Å². The van der Waals surface area contributed by atoms with Crippen LogP contribution >= 0.6 is 23.1 Å². The number of carbonyl (C=O) groups is 2. The van der Waals surface area contributed by atoms with E-state index in [1.54, 1.807) is 18.7 Å². The number of amides is 1. The Morgan fingerprint density at radius 1 is 1.06 bits per heavy atom. The summed E-state index contributed by atoms with van der Waals surface area (Å²) in [6.45, 7) is 4.13. The number of para-hydroxylation sites is 1. The van der Waals surface area contributed by atoms with Gasteiger partial charge in [-0.2, -0.15) is 0 Å². The molecule has 0 saturated heterocycles. The Hall–Kier alpha value is -3.30. The number of hydrogen-bond acceptors (Lipinski definition) is 8. The predicted molar refractivity (Wildman–Crippen MR) is 131 cm³/mol. The van der Waals surface area contributed by atoms with Crippen LogP contribution in [-0.2, 0) is 16.1 Å². The third-order valence-electron chi connectivity index (χ3n) is 4.80. The van der Waals surface area contributed by atoms with Crippen LogP contribution in [0.5, 0.6) is 0 Å². The van der Waals surface area contributed by atoms with E-state index in [1.807, 2.05) is 54.6 Å². The zero-order chi connectivity index (χ0) is 23.2. The molecule has 2 aromatic heterocycles. The number of aromatic nitrogens is 3. The molecule has 0 aliphatic heterocycles. The monoisotopic (exact) mass is 478 g/mol. The van der Waals surface area contributed by atoms with Crippen molar-refractivity contribution in [2.24, 2.45) is 0 Å². The molecule has 4 rings (SSSR count). The quantitative estimate of drug-likeness (QED) is 0.202. The van der Waals surface area contributed by atoms with E-state index in [-0.39, 0.29) is 18.3 Å². The topological polar surface area (TPSA) is 85.3 Å². The predicted octanol–water partition coefficient (Wildman–Crippen LogP) is 4.90. The van der Waals surface area contributed by atoms with Crippen LogP contribution in [0.2, 0.25) is 0 Å². The number of anilines is 1. The van der Waals surface area contributed by atoms with Crippen LogP contribution in [0.1, 0.15) is 27.9 Å². The summed E-state index contributed by atoms with van der Waals surface area (Å²) in [6, 6.07) is 17.4. The molecule has 0 saturated carbocycles. The fraction of sp³-hybridized carbons (Fsp3) is 0.208. The van der Waals surface area contributed by atoms with Gasteiger partial charge in [-0.3, -0.25) is 9.69 Å². The average molecular weight is 479 g/mol. The van der Waals surface area contributed by atoms with Gasteiger partial charge in [0.25, 0.3) is 0 Å². The second kappa shape index (κ2) is 10.5. The van der Waals surface area contributed by atoms with Gasteiger partial charge in [0, 0.05) is 5.39 Å². The normalized spacial score (nSPS) is 10.8. The van der Waals surface area contributed by atoms with Crippen molar-refractivity contribution in [3.8, 4) is 0 Å². The van der Waals surface area contributed by atoms with Gasteiger partial charge in [-0.1, -0.05) is 71.6 Å². The Labute approximate surface area is 199 Å². The number of fused-ring (bicyclic) bond motifs is 1. The van der Waals surface area contributed by atoms with Crippen molar-refractivity contribution in [1.82, 2.24) is 15.0 Å². The molecule has 33 heavy (non-hydrogen) atoms. The third-order valence-corrected chi connectivity index (χ3v) is 6.95. The molecule has 0 unspecified atom stereocenters. The van der Waals surface area contributed by atoms with Gasteiger partial charge in [0.05, 0.1) is 30.1 Å². The van der Waals surface area contributed by atoms with Crippen molar-refractivity contribution >= 4 is 51.0 Å². The van der Waals surface area contributed by atoms with E-state index in [2.05, 4.69) is 15.0 Å². The lowest BCUT2D eigenvalue weighted by atomic mass is 10.2. The van der Waals surface area contributed by atoms with Gasteiger partial charge in [0.2, 0.25) is 5.91 Å². The Kier molecular flexibility index (Phi) is 7.31. The molecule has 0 atom stereocenters. The summed E-state index contributed by atoms with van der Waals surface area (Å²) in [6.07, 6.45) is 1.51. The van der Waals surface area contributed by atoms with Crippen LogP contribution in [0.15, 0.2) is 66.0 Å². The molecule has 0 fully saturated rings. The summed E-state index contributed by atoms with van der Waals surface area (Å²) in [5, 5.41) is 2.12. The Balaban J connectivity index is 1.60. The van der Waals surface area contributed by atoms with Crippen LogP contribution in [0, 0.1) is 6.92 Å². The van der Waals surface area contributed by atoms with Gasteiger partial charge >= 0.3 is 5.97 Å². The maximum atomic E-state index is 13.4. The average Bonchev–Trinajstić information content (AvgIpc) is 3.23. The van der Waals surface area contributed by atoms with Crippen molar-refractivity contribution in [3.05, 3.63) is 77.1 Å². The summed E-state index contributed by atoms with van der Waals surface area (Å²) in [5.41, 5.74) is 2.35. The van der Waals surface area contributed by atoms with Gasteiger partial charge in [-0.05, 0) is 25.5 Å². The summed E-state index contributed by atoms with van der Waals surface area (Å²) in [7, 11) is 0. The van der Waals surface area contributed by atoms with Gasteiger partial charge in [-0.15, -0.1) is 0 Å². The summed E-state index contributed by atoms with van der Waals surface area (Å²) in [4.78, 5) is 40.9. The van der Waals surface area contributed by atoms with Crippen molar-refractivity contribution < 1.29 is 14.3 Å². The van der Waals surface area contributed by atoms with E-state index in [1.165, 1.54) is 29.4 Å². The zero-order valence-electron chi connectivity index (χ0n) is 18.2. The molecule has 0 radical (unpaired) electrons. The number of rotatable bonds is 8. The van der Waals surface area contributed by atoms with Crippen LogP contribution < -0.4 is 4.90 Å². The number of hydrogen-bond donors (Lipinski definition) is 0. The third kappa shape index (κ3) is 5.37. The number of benzene rings is 2. The van der Waals surface area contributed by atoms with Gasteiger partial charge in [0.15, 0.2) is 5.13 Å². The zero-order valence-corrected chi connectivity index (χ0v) is 19.9. The smallest absolute Gasteiger partial charge is 0.350 e. The molecule has 0 N–H and O–H groups in total. The maximum absolute atomic E-state index is 13.4. The highest BCUT2D eigenvalue weighted by molar-refractivity contribution is 8.00. The molecular weight excluding hydrogens is 456 g/mol. The van der Waals surface area contributed by atoms with E-state index < -0.39 is 5.97 Å². The highest BCUT2D eigenvalue weighted by Gasteiger charge is 2.24.